The molecule has 0 radical (unpaired) electrons. The first-order chi connectivity index (χ1) is 3.39. The standard InChI is InChI=1S/C5H6IN/c1-5-4-7-3-2-6-5/h2-4H,1H3. The van der Waals surface area contributed by atoms with Crippen molar-refractivity contribution < 1.29 is 0 Å². The Morgan fingerprint density at radius 2 is 2.57 bits per heavy atom. The van der Waals surface area contributed by atoms with Crippen LogP contribution in [0.5, 0.6) is 0 Å². The van der Waals surface area contributed by atoms with Crippen LogP contribution in [-0.2, 0) is 0 Å². The van der Waals surface area contributed by atoms with Gasteiger partial charge in [-0.25, -0.2) is 0 Å². The molecule has 0 spiro atoms. The average Bonchev–Trinajstić information content (AvgIpc) is 1.69. The highest BCUT2D eigenvalue weighted by Crippen LogP contribution is 2.12. The summed E-state index contributed by atoms with van der Waals surface area (Å²) in [7, 11) is 0. The highest BCUT2D eigenvalue weighted by Gasteiger charge is 1.80. The minimum absolute atomic E-state index is 0.239. The Hall–Kier alpha value is 0.01000. The van der Waals surface area contributed by atoms with E-state index in [1.807, 2.05) is 12.4 Å². The van der Waals surface area contributed by atoms with E-state index >= 15 is 0 Å². The third-order valence-electron chi connectivity index (χ3n) is 0.630. The van der Waals surface area contributed by atoms with Gasteiger partial charge in [0.2, 0.25) is 0 Å². The van der Waals surface area contributed by atoms with E-state index in [1.165, 1.54) is 3.58 Å². The molecule has 2 heteroatoms. The second-order valence-electron chi connectivity index (χ2n) is 1.25. The third kappa shape index (κ3) is 1.51. The van der Waals surface area contributed by atoms with Gasteiger partial charge in [0.25, 0.3) is 0 Å². The van der Waals surface area contributed by atoms with Gasteiger partial charge in [-0.3, -0.25) is 4.99 Å². The molecule has 38 valence electrons. The molecule has 7 heavy (non-hydrogen) atoms. The molecule has 0 saturated heterocycles. The Morgan fingerprint density at radius 3 is 2.86 bits per heavy atom. The molecule has 0 unspecified atom stereocenters. The number of allylic oxidation sites excluding steroid dienone is 1. The summed E-state index contributed by atoms with van der Waals surface area (Å²) in [4.78, 5) is 3.94. The predicted octanol–water partition coefficient (Wildman–Crippen LogP) is 1.71. The number of rotatable bonds is 0. The van der Waals surface area contributed by atoms with Crippen LogP contribution in [0.3, 0.4) is 0 Å². The fourth-order valence-corrected chi connectivity index (χ4v) is 1.57. The largest absolute Gasteiger partial charge is 0.264 e. The van der Waals surface area contributed by atoms with Crippen LogP contribution < -0.4 is 0 Å². The summed E-state index contributed by atoms with van der Waals surface area (Å²) in [5, 5.41) is 0. The van der Waals surface area contributed by atoms with Crippen molar-refractivity contribution in [3.63, 3.8) is 0 Å². The Bertz CT molecular complexity index is 144. The molecule has 0 bridgehead atoms. The summed E-state index contributed by atoms with van der Waals surface area (Å²) in [6, 6.07) is 0. The topological polar surface area (TPSA) is 12.4 Å². The van der Waals surface area contributed by atoms with Gasteiger partial charge >= 0.3 is 0 Å². The lowest BCUT2D eigenvalue weighted by Gasteiger charge is -1.88. The second-order valence-corrected chi connectivity index (χ2v) is 4.29. The summed E-state index contributed by atoms with van der Waals surface area (Å²) >= 11 is 0.239. The number of nitrogens with zero attached hydrogens (tertiary/aromatic N) is 1. The molecule has 1 aliphatic rings. The molecule has 0 atom stereocenters. The lowest BCUT2D eigenvalue weighted by Crippen LogP contribution is -1.73. The molecule has 0 aromatic carbocycles. The second kappa shape index (κ2) is 2.35. The van der Waals surface area contributed by atoms with E-state index in [1.54, 1.807) is 0 Å². The molecular weight excluding hydrogens is 201 g/mol. The zero-order valence-corrected chi connectivity index (χ0v) is 6.21. The molecule has 0 saturated carbocycles. The van der Waals surface area contributed by atoms with Crippen molar-refractivity contribution >= 4 is 31.0 Å². The predicted molar refractivity (Wildman–Crippen MR) is 42.3 cm³/mol. The van der Waals surface area contributed by atoms with Crippen molar-refractivity contribution in [3.05, 3.63) is 9.78 Å². The summed E-state index contributed by atoms with van der Waals surface area (Å²) in [6.07, 6.45) is 3.81. The average molecular weight is 207 g/mol. The van der Waals surface area contributed by atoms with Crippen LogP contribution >= 0.6 is 20.7 Å². The molecule has 0 fully saturated rings. The monoisotopic (exact) mass is 207 g/mol. The molecule has 1 aliphatic heterocycles. The van der Waals surface area contributed by atoms with Gasteiger partial charge < -0.3 is 0 Å². The summed E-state index contributed by atoms with van der Waals surface area (Å²) in [6.45, 7) is 2.13. The molecule has 0 aromatic heterocycles. The van der Waals surface area contributed by atoms with Crippen LogP contribution in [0.4, 0.5) is 0 Å². The van der Waals surface area contributed by atoms with Crippen molar-refractivity contribution in [2.75, 3.05) is 0 Å². The fourth-order valence-electron chi connectivity index (χ4n) is 0.334. The van der Waals surface area contributed by atoms with Gasteiger partial charge in [0.05, 0.1) is 0 Å². The molecule has 0 N–H and O–H groups in total. The van der Waals surface area contributed by atoms with Crippen molar-refractivity contribution in [2.24, 2.45) is 4.99 Å². The first kappa shape index (κ1) is 5.15. The van der Waals surface area contributed by atoms with E-state index in [9.17, 15) is 0 Å². The molecule has 1 rings (SSSR count). The molecule has 0 amide bonds. The fraction of sp³-hybridized carbons (Fsp3) is 0.200. The smallest absolute Gasteiger partial charge is 0.0354 e. The maximum absolute atomic E-state index is 3.94. The number of halogens is 1. The van der Waals surface area contributed by atoms with E-state index in [0.29, 0.717) is 0 Å². The van der Waals surface area contributed by atoms with Crippen molar-refractivity contribution in [1.82, 2.24) is 0 Å². The Morgan fingerprint density at radius 1 is 1.71 bits per heavy atom. The van der Waals surface area contributed by atoms with Gasteiger partial charge in [-0.2, -0.15) is 0 Å². The van der Waals surface area contributed by atoms with Crippen LogP contribution in [0.25, 0.3) is 0 Å². The van der Waals surface area contributed by atoms with Gasteiger partial charge in [-0.15, -0.1) is 0 Å². The Labute approximate surface area is 52.9 Å². The van der Waals surface area contributed by atoms with Gasteiger partial charge in [0, 0.05) is 16.0 Å². The first-order valence-corrected chi connectivity index (χ1v) is 4.37. The molecular formula is C5H6IN. The zero-order chi connectivity index (χ0) is 5.11. The zero-order valence-electron chi connectivity index (χ0n) is 4.06. The summed E-state index contributed by atoms with van der Waals surface area (Å²) in [5.41, 5.74) is 0. The third-order valence-corrected chi connectivity index (χ3v) is 2.57. The highest BCUT2D eigenvalue weighted by atomic mass is 127. The SMILES string of the molecule is CC1=CN=CC=I1. The van der Waals surface area contributed by atoms with Crippen LogP contribution in [0.1, 0.15) is 6.92 Å². The van der Waals surface area contributed by atoms with E-state index in [-0.39, 0.29) is 20.7 Å². The van der Waals surface area contributed by atoms with Crippen LogP contribution in [0.15, 0.2) is 14.8 Å². The van der Waals surface area contributed by atoms with Gasteiger partial charge in [0.1, 0.15) is 0 Å². The van der Waals surface area contributed by atoms with Crippen LogP contribution in [0, 0.1) is 0 Å². The number of hydrogen-bond acceptors (Lipinski definition) is 1. The lowest BCUT2D eigenvalue weighted by molar-refractivity contribution is 1.54. The van der Waals surface area contributed by atoms with Crippen LogP contribution in [-0.4, -0.2) is 10.2 Å². The van der Waals surface area contributed by atoms with Crippen molar-refractivity contribution in [1.29, 1.82) is 0 Å². The van der Waals surface area contributed by atoms with Gasteiger partial charge in [-0.1, -0.05) is 20.7 Å². The molecule has 0 aromatic rings. The number of hydrogen-bond donors (Lipinski definition) is 0. The minimum atomic E-state index is 0.239. The lowest BCUT2D eigenvalue weighted by atomic mass is 10.7. The van der Waals surface area contributed by atoms with E-state index < -0.39 is 0 Å². The quantitative estimate of drug-likeness (QED) is 0.536. The maximum atomic E-state index is 3.94. The molecule has 1 heterocycles. The Kier molecular flexibility index (Phi) is 1.73. The Balaban J connectivity index is 2.82. The van der Waals surface area contributed by atoms with Gasteiger partial charge in [0.15, 0.2) is 0 Å². The maximum Gasteiger partial charge on any atom is 0.0354 e. The van der Waals surface area contributed by atoms with Crippen molar-refractivity contribution in [2.45, 2.75) is 6.92 Å². The normalized spacial score (nSPS) is 18.1. The minimum Gasteiger partial charge on any atom is -0.264 e. The molecule has 1 nitrogen and oxygen atoms in total. The van der Waals surface area contributed by atoms with Gasteiger partial charge in [-0.05, 0) is 10.9 Å². The van der Waals surface area contributed by atoms with Crippen LogP contribution in [0.2, 0.25) is 0 Å². The van der Waals surface area contributed by atoms with E-state index in [2.05, 4.69) is 15.9 Å². The van der Waals surface area contributed by atoms with E-state index in [4.69, 9.17) is 0 Å². The summed E-state index contributed by atoms with van der Waals surface area (Å²) < 4.78 is 3.61. The first-order valence-electron chi connectivity index (χ1n) is 2.05. The molecule has 0 aliphatic carbocycles. The number of aliphatic imine (C=N–C) groups is 1. The summed E-state index contributed by atoms with van der Waals surface area (Å²) in [5.74, 6) is 0. The van der Waals surface area contributed by atoms with Crippen molar-refractivity contribution in [3.8, 4) is 0 Å². The van der Waals surface area contributed by atoms with E-state index in [0.717, 1.165) is 0 Å². The highest BCUT2D eigenvalue weighted by molar-refractivity contribution is 14.2.